The molecule has 3 nitrogen and oxygen atoms in total. The molecule has 126 valence electrons. The van der Waals surface area contributed by atoms with Crippen LogP contribution in [0, 0.1) is 5.82 Å². The molecular weight excluding hydrogens is 329 g/mol. The molecule has 1 saturated heterocycles. The largest absolute Gasteiger partial charge is 0.467 e. The van der Waals surface area contributed by atoms with E-state index in [0.717, 1.165) is 48.4 Å². The van der Waals surface area contributed by atoms with E-state index in [1.807, 2.05) is 24.3 Å². The van der Waals surface area contributed by atoms with Crippen LogP contribution in [0.5, 0.6) is 5.75 Å². The third-order valence-electron chi connectivity index (χ3n) is 4.74. The highest BCUT2D eigenvalue weighted by Crippen LogP contribution is 2.37. The Morgan fingerprint density at radius 1 is 1.21 bits per heavy atom. The summed E-state index contributed by atoms with van der Waals surface area (Å²) in [5, 5.41) is 0.704. The lowest BCUT2D eigenvalue weighted by atomic mass is 10.0. The second-order valence-electron chi connectivity index (χ2n) is 6.34. The van der Waals surface area contributed by atoms with Crippen LogP contribution in [0.2, 0.25) is 5.02 Å². The van der Waals surface area contributed by atoms with Crippen molar-refractivity contribution in [2.45, 2.75) is 32.0 Å². The van der Waals surface area contributed by atoms with Crippen molar-refractivity contribution >= 4 is 11.6 Å². The highest BCUT2D eigenvalue weighted by molar-refractivity contribution is 6.30. The first kappa shape index (κ1) is 15.9. The molecule has 2 heterocycles. The van der Waals surface area contributed by atoms with Crippen molar-refractivity contribution in [3.05, 3.63) is 63.9 Å². The van der Waals surface area contributed by atoms with Gasteiger partial charge in [0.1, 0.15) is 11.6 Å². The SMILES string of the molecule is Fc1ccc(C2CCCN2Cc2cc(Cl)cc3c2OCOC3)cc1. The number of ether oxygens (including phenoxy) is 2. The second-order valence-corrected chi connectivity index (χ2v) is 6.78. The highest BCUT2D eigenvalue weighted by atomic mass is 35.5. The molecule has 0 N–H and O–H groups in total. The fourth-order valence-corrected chi connectivity index (χ4v) is 3.93. The van der Waals surface area contributed by atoms with Crippen LogP contribution in [0.25, 0.3) is 0 Å². The summed E-state index contributed by atoms with van der Waals surface area (Å²) < 4.78 is 24.3. The van der Waals surface area contributed by atoms with Crippen molar-refractivity contribution in [1.82, 2.24) is 4.90 Å². The molecule has 0 amide bonds. The Balaban J connectivity index is 1.60. The number of hydrogen-bond acceptors (Lipinski definition) is 3. The third kappa shape index (κ3) is 3.14. The molecule has 0 bridgehead atoms. The quantitative estimate of drug-likeness (QED) is 0.804. The summed E-state index contributed by atoms with van der Waals surface area (Å²) in [5.74, 6) is 0.705. The van der Waals surface area contributed by atoms with Crippen LogP contribution < -0.4 is 4.74 Å². The van der Waals surface area contributed by atoms with E-state index in [9.17, 15) is 4.39 Å². The van der Waals surface area contributed by atoms with Crippen LogP contribution in [-0.4, -0.2) is 18.2 Å². The minimum atomic E-state index is -0.194. The van der Waals surface area contributed by atoms with E-state index >= 15 is 0 Å². The van der Waals surface area contributed by atoms with Gasteiger partial charge in [0.25, 0.3) is 0 Å². The van der Waals surface area contributed by atoms with Crippen molar-refractivity contribution in [1.29, 1.82) is 0 Å². The average Bonchev–Trinajstić information content (AvgIpc) is 3.03. The predicted octanol–water partition coefficient (Wildman–Crippen LogP) is 4.68. The van der Waals surface area contributed by atoms with E-state index in [1.54, 1.807) is 0 Å². The summed E-state index contributed by atoms with van der Waals surface area (Å²) in [6.07, 6.45) is 2.22. The Bertz CT molecular complexity index is 735. The Hall–Kier alpha value is -1.62. The summed E-state index contributed by atoms with van der Waals surface area (Å²) in [5.41, 5.74) is 3.25. The Kier molecular flexibility index (Phi) is 4.44. The minimum Gasteiger partial charge on any atom is -0.467 e. The molecule has 2 aromatic rings. The predicted molar refractivity (Wildman–Crippen MR) is 90.5 cm³/mol. The molecule has 0 radical (unpaired) electrons. The summed E-state index contributed by atoms with van der Waals surface area (Å²) in [7, 11) is 0. The van der Waals surface area contributed by atoms with Gasteiger partial charge in [0.2, 0.25) is 0 Å². The van der Waals surface area contributed by atoms with Crippen molar-refractivity contribution in [2.24, 2.45) is 0 Å². The lowest BCUT2D eigenvalue weighted by molar-refractivity contribution is -0.0175. The van der Waals surface area contributed by atoms with Gasteiger partial charge in [-0.15, -0.1) is 0 Å². The number of hydrogen-bond donors (Lipinski definition) is 0. The van der Waals surface area contributed by atoms with Gasteiger partial charge in [-0.25, -0.2) is 4.39 Å². The van der Waals surface area contributed by atoms with Crippen molar-refractivity contribution in [2.75, 3.05) is 13.3 Å². The highest BCUT2D eigenvalue weighted by Gasteiger charge is 2.28. The molecule has 0 aromatic heterocycles. The number of nitrogens with zero attached hydrogens (tertiary/aromatic N) is 1. The number of benzene rings is 2. The van der Waals surface area contributed by atoms with E-state index in [2.05, 4.69) is 4.90 Å². The normalized spacial score (nSPS) is 20.7. The standard InChI is InChI=1S/C19H19ClFNO2/c20-16-8-14(19-15(9-16)11-23-12-24-19)10-22-7-1-2-18(22)13-3-5-17(21)6-4-13/h3-6,8-9,18H,1-2,7,10-12H2. The maximum Gasteiger partial charge on any atom is 0.189 e. The minimum absolute atomic E-state index is 0.194. The zero-order valence-corrected chi connectivity index (χ0v) is 14.1. The number of rotatable bonds is 3. The maximum absolute atomic E-state index is 13.2. The van der Waals surface area contributed by atoms with Crippen molar-refractivity contribution in [3.8, 4) is 5.75 Å². The van der Waals surface area contributed by atoms with E-state index in [-0.39, 0.29) is 12.6 Å². The van der Waals surface area contributed by atoms with Gasteiger partial charge < -0.3 is 9.47 Å². The van der Waals surface area contributed by atoms with Gasteiger partial charge in [0.15, 0.2) is 6.79 Å². The molecule has 2 aliphatic rings. The van der Waals surface area contributed by atoms with Crippen LogP contribution in [-0.2, 0) is 17.9 Å². The van der Waals surface area contributed by atoms with E-state index in [0.29, 0.717) is 17.7 Å². The van der Waals surface area contributed by atoms with Gasteiger partial charge in [-0.3, -0.25) is 4.90 Å². The molecule has 0 spiro atoms. The Morgan fingerprint density at radius 2 is 2.04 bits per heavy atom. The van der Waals surface area contributed by atoms with Crippen LogP contribution in [0.15, 0.2) is 36.4 Å². The summed E-state index contributed by atoms with van der Waals surface area (Å²) in [6, 6.07) is 11.0. The molecule has 4 rings (SSSR count). The number of likely N-dealkylation sites (tertiary alicyclic amines) is 1. The molecule has 5 heteroatoms. The zero-order valence-electron chi connectivity index (χ0n) is 13.3. The molecule has 1 unspecified atom stereocenters. The van der Waals surface area contributed by atoms with Crippen molar-refractivity contribution in [3.63, 3.8) is 0 Å². The fourth-order valence-electron chi connectivity index (χ4n) is 3.67. The van der Waals surface area contributed by atoms with E-state index in [4.69, 9.17) is 21.1 Å². The van der Waals surface area contributed by atoms with Crippen LogP contribution >= 0.6 is 11.6 Å². The number of fused-ring (bicyclic) bond motifs is 1. The molecule has 2 aliphatic heterocycles. The molecular formula is C19H19ClFNO2. The Labute approximate surface area is 145 Å². The maximum atomic E-state index is 13.2. The van der Waals surface area contributed by atoms with E-state index in [1.165, 1.54) is 12.1 Å². The van der Waals surface area contributed by atoms with Crippen LogP contribution in [0.1, 0.15) is 35.6 Å². The third-order valence-corrected chi connectivity index (χ3v) is 4.96. The first-order chi connectivity index (χ1) is 11.7. The first-order valence-electron chi connectivity index (χ1n) is 8.22. The Morgan fingerprint density at radius 3 is 2.88 bits per heavy atom. The van der Waals surface area contributed by atoms with Crippen LogP contribution in [0.4, 0.5) is 4.39 Å². The molecule has 24 heavy (non-hydrogen) atoms. The monoisotopic (exact) mass is 347 g/mol. The van der Waals surface area contributed by atoms with Gasteiger partial charge in [-0.05, 0) is 49.2 Å². The summed E-state index contributed by atoms with van der Waals surface area (Å²) in [6.45, 7) is 2.60. The second kappa shape index (κ2) is 6.71. The van der Waals surface area contributed by atoms with Gasteiger partial charge in [-0.1, -0.05) is 23.7 Å². The fraction of sp³-hybridized carbons (Fsp3) is 0.368. The van der Waals surface area contributed by atoms with Gasteiger partial charge >= 0.3 is 0 Å². The summed E-state index contributed by atoms with van der Waals surface area (Å²) in [4.78, 5) is 2.41. The van der Waals surface area contributed by atoms with E-state index < -0.39 is 0 Å². The molecule has 2 aromatic carbocycles. The first-order valence-corrected chi connectivity index (χ1v) is 8.60. The topological polar surface area (TPSA) is 21.7 Å². The van der Waals surface area contributed by atoms with Gasteiger partial charge in [0, 0.05) is 28.7 Å². The lowest BCUT2D eigenvalue weighted by Gasteiger charge is -2.28. The molecule has 0 saturated carbocycles. The molecule has 0 aliphatic carbocycles. The average molecular weight is 348 g/mol. The zero-order chi connectivity index (χ0) is 16.5. The molecule has 1 fully saturated rings. The van der Waals surface area contributed by atoms with Gasteiger partial charge in [-0.2, -0.15) is 0 Å². The summed E-state index contributed by atoms with van der Waals surface area (Å²) >= 11 is 6.27. The molecule has 1 atom stereocenters. The van der Waals surface area contributed by atoms with Gasteiger partial charge in [0.05, 0.1) is 6.61 Å². The number of halogens is 2. The lowest BCUT2D eigenvalue weighted by Crippen LogP contribution is -2.24. The van der Waals surface area contributed by atoms with Crippen molar-refractivity contribution < 1.29 is 13.9 Å². The van der Waals surface area contributed by atoms with Crippen LogP contribution in [0.3, 0.4) is 0 Å². The smallest absolute Gasteiger partial charge is 0.189 e.